The number of carbonyl (C=O) groups excluding carboxylic acids is 2. The van der Waals surface area contributed by atoms with Gasteiger partial charge < -0.3 is 10.1 Å². The molecule has 0 saturated heterocycles. The van der Waals surface area contributed by atoms with Crippen LogP contribution < -0.4 is 5.32 Å². The van der Waals surface area contributed by atoms with Gasteiger partial charge in [0.1, 0.15) is 6.61 Å². The van der Waals surface area contributed by atoms with E-state index in [1.54, 1.807) is 24.3 Å². The summed E-state index contributed by atoms with van der Waals surface area (Å²) in [5, 5.41) is 2.79. The Hall–Kier alpha value is -2.88. The van der Waals surface area contributed by atoms with E-state index in [0.29, 0.717) is 5.69 Å². The minimum absolute atomic E-state index is 0.104. The van der Waals surface area contributed by atoms with Gasteiger partial charge in [-0.1, -0.05) is 43.8 Å². The van der Waals surface area contributed by atoms with Gasteiger partial charge in [-0.05, 0) is 36.2 Å². The van der Waals surface area contributed by atoms with Crippen molar-refractivity contribution in [3.05, 3.63) is 77.9 Å². The number of hydrogen-bond donors (Lipinski definition) is 1. The van der Waals surface area contributed by atoms with Crippen molar-refractivity contribution < 1.29 is 14.3 Å². The molecule has 2 aromatic rings. The molecule has 0 aliphatic heterocycles. The molecule has 1 N–H and O–H groups in total. The van der Waals surface area contributed by atoms with E-state index in [0.717, 1.165) is 6.42 Å². The molecule has 0 bridgehead atoms. The number of hydrogen-bond acceptors (Lipinski definition) is 3. The van der Waals surface area contributed by atoms with Gasteiger partial charge in [0.15, 0.2) is 0 Å². The molecule has 2 rings (SSSR count). The van der Waals surface area contributed by atoms with Gasteiger partial charge in [0.05, 0.1) is 11.1 Å². The van der Waals surface area contributed by atoms with Crippen LogP contribution in [0.5, 0.6) is 0 Å². The summed E-state index contributed by atoms with van der Waals surface area (Å²) in [4.78, 5) is 24.4. The molecular formula is C19H19NO3. The number of ether oxygens (including phenoxy) is 1. The molecule has 4 heteroatoms. The molecule has 0 aromatic heterocycles. The normalized spacial score (nSPS) is 9.96. The van der Waals surface area contributed by atoms with E-state index in [1.807, 2.05) is 24.3 Å². The van der Waals surface area contributed by atoms with Crippen molar-refractivity contribution in [2.24, 2.45) is 0 Å². The monoisotopic (exact) mass is 309 g/mol. The highest BCUT2D eigenvalue weighted by molar-refractivity contribution is 6.11. The Morgan fingerprint density at radius 1 is 1.09 bits per heavy atom. The average molecular weight is 309 g/mol. The first-order chi connectivity index (χ1) is 11.2. The zero-order valence-corrected chi connectivity index (χ0v) is 13.0. The van der Waals surface area contributed by atoms with E-state index in [9.17, 15) is 9.59 Å². The number of aryl methyl sites for hydroxylation is 1. The first-order valence-corrected chi connectivity index (χ1v) is 7.43. The molecule has 2 aromatic carbocycles. The summed E-state index contributed by atoms with van der Waals surface area (Å²) in [5.41, 5.74) is 2.39. The summed E-state index contributed by atoms with van der Waals surface area (Å²) < 4.78 is 5.01. The summed E-state index contributed by atoms with van der Waals surface area (Å²) in [6, 6.07) is 14.2. The Balaban J connectivity index is 2.18. The van der Waals surface area contributed by atoms with Crippen LogP contribution in [0.2, 0.25) is 0 Å². The predicted molar refractivity (Wildman–Crippen MR) is 90.7 cm³/mol. The van der Waals surface area contributed by atoms with Gasteiger partial charge in [-0.25, -0.2) is 4.79 Å². The molecule has 118 valence electrons. The second kappa shape index (κ2) is 7.94. The average Bonchev–Trinajstić information content (AvgIpc) is 2.60. The quantitative estimate of drug-likeness (QED) is 0.651. The third kappa shape index (κ3) is 4.30. The molecule has 4 nitrogen and oxygen atoms in total. The maximum atomic E-state index is 12.4. The fraction of sp³-hybridized carbons (Fsp3) is 0.158. The second-order valence-corrected chi connectivity index (χ2v) is 4.94. The molecule has 23 heavy (non-hydrogen) atoms. The van der Waals surface area contributed by atoms with Crippen LogP contribution in [-0.4, -0.2) is 18.5 Å². The maximum absolute atomic E-state index is 12.4. The topological polar surface area (TPSA) is 55.4 Å². The lowest BCUT2D eigenvalue weighted by Gasteiger charge is -2.10. The molecule has 0 atom stereocenters. The molecule has 0 saturated carbocycles. The number of carbonyl (C=O) groups is 2. The minimum Gasteiger partial charge on any atom is -0.458 e. The highest BCUT2D eigenvalue weighted by atomic mass is 16.5. The Morgan fingerprint density at radius 2 is 1.74 bits per heavy atom. The molecule has 0 radical (unpaired) electrons. The molecule has 0 heterocycles. The van der Waals surface area contributed by atoms with Crippen LogP contribution >= 0.6 is 0 Å². The Bertz CT molecular complexity index is 705. The third-order valence-corrected chi connectivity index (χ3v) is 3.34. The second-order valence-electron chi connectivity index (χ2n) is 4.94. The van der Waals surface area contributed by atoms with Crippen LogP contribution in [0.3, 0.4) is 0 Å². The molecule has 0 fully saturated rings. The van der Waals surface area contributed by atoms with Gasteiger partial charge >= 0.3 is 5.97 Å². The molecular weight excluding hydrogens is 290 g/mol. The number of rotatable bonds is 6. The lowest BCUT2D eigenvalue weighted by atomic mass is 10.1. The zero-order chi connectivity index (χ0) is 16.7. The predicted octanol–water partition coefficient (Wildman–Crippen LogP) is 3.84. The van der Waals surface area contributed by atoms with Gasteiger partial charge in [0.25, 0.3) is 5.91 Å². The van der Waals surface area contributed by atoms with Gasteiger partial charge in [0.2, 0.25) is 0 Å². The van der Waals surface area contributed by atoms with Gasteiger partial charge in [-0.15, -0.1) is 0 Å². The molecule has 1 amide bonds. The summed E-state index contributed by atoms with van der Waals surface area (Å²) in [6.07, 6.45) is 2.42. The first-order valence-electron chi connectivity index (χ1n) is 7.43. The van der Waals surface area contributed by atoms with Crippen LogP contribution in [0.25, 0.3) is 0 Å². The van der Waals surface area contributed by atoms with E-state index in [-0.39, 0.29) is 23.6 Å². The largest absolute Gasteiger partial charge is 0.458 e. The molecule has 0 aliphatic carbocycles. The van der Waals surface area contributed by atoms with Gasteiger partial charge in [-0.2, -0.15) is 0 Å². The zero-order valence-electron chi connectivity index (χ0n) is 13.0. The van der Waals surface area contributed by atoms with Crippen LogP contribution in [0.15, 0.2) is 61.2 Å². The lowest BCUT2D eigenvalue weighted by molar-refractivity contribution is 0.0546. The van der Waals surface area contributed by atoms with E-state index >= 15 is 0 Å². The minimum atomic E-state index is -0.544. The third-order valence-electron chi connectivity index (χ3n) is 3.34. The number of anilines is 1. The highest BCUT2D eigenvalue weighted by Crippen LogP contribution is 2.15. The van der Waals surface area contributed by atoms with E-state index in [2.05, 4.69) is 18.8 Å². The summed E-state index contributed by atoms with van der Waals surface area (Å²) in [7, 11) is 0. The number of nitrogens with one attached hydrogen (secondary N) is 1. The fourth-order valence-corrected chi connectivity index (χ4v) is 2.09. The highest BCUT2D eigenvalue weighted by Gasteiger charge is 2.17. The van der Waals surface area contributed by atoms with E-state index in [4.69, 9.17) is 4.74 Å². The SMILES string of the molecule is C=CCOC(=O)c1ccccc1C(=O)Nc1ccc(CC)cc1. The molecule has 0 unspecified atom stereocenters. The summed E-state index contributed by atoms with van der Waals surface area (Å²) >= 11 is 0. The van der Waals surface area contributed by atoms with Crippen LogP contribution in [0.1, 0.15) is 33.2 Å². The number of benzene rings is 2. The molecule has 0 spiro atoms. The molecule has 0 aliphatic rings. The Labute approximate surface area is 135 Å². The first kappa shape index (κ1) is 16.5. The van der Waals surface area contributed by atoms with Crippen molar-refractivity contribution in [2.45, 2.75) is 13.3 Å². The van der Waals surface area contributed by atoms with Crippen molar-refractivity contribution in [3.8, 4) is 0 Å². The van der Waals surface area contributed by atoms with Crippen molar-refractivity contribution in [1.29, 1.82) is 0 Å². The lowest BCUT2D eigenvalue weighted by Crippen LogP contribution is -2.17. The van der Waals surface area contributed by atoms with E-state index in [1.165, 1.54) is 11.6 Å². The maximum Gasteiger partial charge on any atom is 0.339 e. The summed E-state index contributed by atoms with van der Waals surface area (Å²) in [6.45, 7) is 5.67. The van der Waals surface area contributed by atoms with Crippen LogP contribution in [-0.2, 0) is 11.2 Å². The standard InChI is InChI=1S/C19H19NO3/c1-3-13-23-19(22)17-8-6-5-7-16(17)18(21)20-15-11-9-14(4-2)10-12-15/h3,5-12H,1,4,13H2,2H3,(H,20,21). The van der Waals surface area contributed by atoms with Crippen molar-refractivity contribution in [3.63, 3.8) is 0 Å². The van der Waals surface area contributed by atoms with Crippen molar-refractivity contribution in [2.75, 3.05) is 11.9 Å². The Morgan fingerprint density at radius 3 is 2.35 bits per heavy atom. The Kier molecular flexibility index (Phi) is 5.69. The van der Waals surface area contributed by atoms with Crippen molar-refractivity contribution in [1.82, 2.24) is 0 Å². The van der Waals surface area contributed by atoms with E-state index < -0.39 is 5.97 Å². The van der Waals surface area contributed by atoms with Crippen molar-refractivity contribution >= 4 is 17.6 Å². The van der Waals surface area contributed by atoms with Crippen LogP contribution in [0, 0.1) is 0 Å². The number of esters is 1. The smallest absolute Gasteiger partial charge is 0.339 e. The van der Waals surface area contributed by atoms with Gasteiger partial charge in [0, 0.05) is 5.69 Å². The fourth-order valence-electron chi connectivity index (χ4n) is 2.09. The summed E-state index contributed by atoms with van der Waals surface area (Å²) in [5.74, 6) is -0.891. The van der Waals surface area contributed by atoms with Crippen LogP contribution in [0.4, 0.5) is 5.69 Å². The van der Waals surface area contributed by atoms with Gasteiger partial charge in [-0.3, -0.25) is 4.79 Å². The number of amides is 1.